The minimum absolute atomic E-state index is 0.130. The average Bonchev–Trinajstić information content (AvgIpc) is 3.36. The number of carbonyl (C=O) groups is 2. The molecule has 0 aliphatic rings. The Morgan fingerprint density at radius 1 is 0.609 bits per heavy atom. The van der Waals surface area contributed by atoms with Crippen LogP contribution >= 0.6 is 23.2 Å². The van der Waals surface area contributed by atoms with Crippen LogP contribution in [0.25, 0.3) is 22.2 Å². The lowest BCUT2D eigenvalue weighted by Gasteiger charge is -2.15. The van der Waals surface area contributed by atoms with Gasteiger partial charge < -0.3 is 36.3 Å². The summed E-state index contributed by atoms with van der Waals surface area (Å²) in [6.45, 7) is 7.97. The molecule has 5 aromatic rings. The van der Waals surface area contributed by atoms with Gasteiger partial charge in [0, 0.05) is 50.5 Å². The Balaban J connectivity index is 0.000000301. The maximum atomic E-state index is 13.3. The fraction of sp³-hybridized carbons (Fsp3) is 0.491. The van der Waals surface area contributed by atoms with Crippen molar-refractivity contribution < 1.29 is 23.8 Å². The molecular weight excluding hydrogens is 906 g/mol. The van der Waals surface area contributed by atoms with Crippen LogP contribution in [0.4, 0.5) is 0 Å². The third kappa shape index (κ3) is 21.1. The van der Waals surface area contributed by atoms with E-state index in [1.807, 2.05) is 85.8 Å². The summed E-state index contributed by atoms with van der Waals surface area (Å²) in [6.07, 6.45) is 19.4. The van der Waals surface area contributed by atoms with Gasteiger partial charge in [0.15, 0.2) is 23.1 Å². The van der Waals surface area contributed by atoms with E-state index >= 15 is 0 Å². The molecule has 0 aliphatic carbocycles. The van der Waals surface area contributed by atoms with E-state index in [0.29, 0.717) is 46.6 Å². The van der Waals surface area contributed by atoms with Gasteiger partial charge in [-0.05, 0) is 145 Å². The normalized spacial score (nSPS) is 11.1. The largest absolute Gasteiger partial charge is 0.493 e. The van der Waals surface area contributed by atoms with Crippen LogP contribution in [0, 0.1) is 6.92 Å². The summed E-state index contributed by atoms with van der Waals surface area (Å²) in [5.41, 5.74) is 16.5. The molecule has 1 heterocycles. The number of unbranched alkanes of at least 4 members (excludes halogenated alkanes) is 12. The molecule has 376 valence electrons. The van der Waals surface area contributed by atoms with Crippen molar-refractivity contribution >= 4 is 45.7 Å². The number of benzene rings is 4. The monoisotopic (exact) mass is 984 g/mol. The number of nitrogens with zero attached hydrogens (tertiary/aromatic N) is 1. The highest BCUT2D eigenvalue weighted by Crippen LogP contribution is 2.35. The second-order valence-corrected chi connectivity index (χ2v) is 18.6. The molecule has 0 unspecified atom stereocenters. The van der Waals surface area contributed by atoms with Gasteiger partial charge in [0.1, 0.15) is 12.4 Å². The molecule has 0 radical (unpaired) electrons. The highest BCUT2D eigenvalue weighted by atomic mass is 35.5. The van der Waals surface area contributed by atoms with Crippen LogP contribution in [-0.2, 0) is 6.61 Å². The predicted molar refractivity (Wildman–Crippen MR) is 288 cm³/mol. The van der Waals surface area contributed by atoms with Crippen molar-refractivity contribution in [1.82, 2.24) is 15.6 Å². The van der Waals surface area contributed by atoms with Crippen molar-refractivity contribution in [3.63, 3.8) is 0 Å². The van der Waals surface area contributed by atoms with E-state index in [4.69, 9.17) is 53.9 Å². The molecule has 69 heavy (non-hydrogen) atoms. The van der Waals surface area contributed by atoms with E-state index < -0.39 is 0 Å². The molecule has 0 spiro atoms. The molecule has 0 amide bonds. The Morgan fingerprint density at radius 3 is 1.72 bits per heavy atom. The smallest absolute Gasteiger partial charge is 0.167 e. The van der Waals surface area contributed by atoms with Crippen LogP contribution in [0.15, 0.2) is 84.9 Å². The molecule has 4 aromatic carbocycles. The molecule has 0 aliphatic heterocycles. The van der Waals surface area contributed by atoms with Gasteiger partial charge in [-0.1, -0.05) is 118 Å². The zero-order valence-electron chi connectivity index (χ0n) is 41.7. The lowest BCUT2D eigenvalue weighted by Crippen LogP contribution is -2.19. The van der Waals surface area contributed by atoms with Crippen LogP contribution in [-0.4, -0.2) is 70.0 Å². The van der Waals surface area contributed by atoms with E-state index in [0.717, 1.165) is 122 Å². The molecule has 6 N–H and O–H groups in total. The molecule has 0 bridgehead atoms. The van der Waals surface area contributed by atoms with Crippen LogP contribution in [0.5, 0.6) is 17.2 Å². The zero-order chi connectivity index (χ0) is 49.5. The minimum atomic E-state index is 0.130. The number of rotatable bonds is 34. The minimum Gasteiger partial charge on any atom is -0.493 e. The predicted octanol–water partition coefficient (Wildman–Crippen LogP) is 13.3. The fourth-order valence-corrected chi connectivity index (χ4v) is 8.45. The molecule has 0 saturated heterocycles. The molecule has 10 nitrogen and oxygen atoms in total. The molecular formula is C57H79Cl2N5O5. The molecule has 12 heteroatoms. The summed E-state index contributed by atoms with van der Waals surface area (Å²) in [7, 11) is 3.19. The van der Waals surface area contributed by atoms with E-state index in [-0.39, 0.29) is 11.6 Å². The second-order valence-electron chi connectivity index (χ2n) is 17.7. The van der Waals surface area contributed by atoms with E-state index in [9.17, 15) is 9.59 Å². The van der Waals surface area contributed by atoms with E-state index in [2.05, 4.69) is 10.6 Å². The number of nitrogens with one attached hydrogen (secondary N) is 2. The van der Waals surface area contributed by atoms with Crippen molar-refractivity contribution in [2.45, 2.75) is 129 Å². The number of aromatic nitrogens is 1. The van der Waals surface area contributed by atoms with Crippen molar-refractivity contribution in [2.75, 3.05) is 53.5 Å². The summed E-state index contributed by atoms with van der Waals surface area (Å²) in [5.74, 6) is 2.22. The number of hydrogen-bond acceptors (Lipinski definition) is 10. The first-order valence-corrected chi connectivity index (χ1v) is 26.1. The van der Waals surface area contributed by atoms with Crippen LogP contribution in [0.2, 0.25) is 10.0 Å². The van der Waals surface area contributed by atoms with Gasteiger partial charge >= 0.3 is 0 Å². The Bertz CT molecular complexity index is 2240. The number of hydrogen-bond donors (Lipinski definition) is 4. The summed E-state index contributed by atoms with van der Waals surface area (Å²) in [5, 5.41) is 9.04. The van der Waals surface area contributed by atoms with Gasteiger partial charge in [-0.2, -0.15) is 0 Å². The van der Waals surface area contributed by atoms with Gasteiger partial charge in [0.2, 0.25) is 0 Å². The average molecular weight is 985 g/mol. The molecule has 1 aromatic heterocycles. The standard InChI is InChI=1S/C29H37Cl2N3O.C28H42N2O4/c1-21-18-24-25(29(35)10-7-5-3-2-4-6-8-16-33-17-9-15-32)19-27(34-28(24)20-26(21)31)22-11-13-23(30)14-12-22;1-32-27-21-23(20-24(28(27)33-2)22-34-25-14-9-8-10-15-25)26(31)16-11-6-4-3-5-7-12-18-30-19-13-17-29/h11-14,18-20,33H,2-10,15-17,32H2,1H3;8-10,14-15,20-21,30H,3-7,11-13,16-19,22,29H2,1-2H3. The van der Waals surface area contributed by atoms with Crippen molar-refractivity contribution in [2.24, 2.45) is 11.5 Å². The van der Waals surface area contributed by atoms with Gasteiger partial charge in [-0.15, -0.1) is 0 Å². The first-order valence-electron chi connectivity index (χ1n) is 25.4. The SMILES string of the molecule is COc1cc(C(=O)CCCCCCCCCNCCCN)cc(COc2ccccc2)c1OC.Cc1cc2c(C(=O)CCCCCCCCCNCCCN)cc(-c3ccc(Cl)cc3)nc2cc1Cl. The Hall–Kier alpha value is -4.55. The molecule has 0 atom stereocenters. The van der Waals surface area contributed by atoms with Gasteiger partial charge in [0.05, 0.1) is 25.4 Å². The highest BCUT2D eigenvalue weighted by molar-refractivity contribution is 6.32. The van der Waals surface area contributed by atoms with Crippen molar-refractivity contribution in [3.05, 3.63) is 117 Å². The lowest BCUT2D eigenvalue weighted by atomic mass is 9.97. The fourth-order valence-electron chi connectivity index (χ4n) is 8.17. The number of ether oxygens (including phenoxy) is 3. The number of para-hydroxylation sites is 1. The molecule has 0 saturated carbocycles. The van der Waals surface area contributed by atoms with Gasteiger partial charge in [-0.25, -0.2) is 4.98 Å². The lowest BCUT2D eigenvalue weighted by molar-refractivity contribution is 0.0971. The number of methoxy groups -OCH3 is 2. The Kier molecular flexibility index (Phi) is 28.0. The number of ketones is 2. The Labute approximate surface area is 423 Å². The number of halogens is 2. The zero-order valence-corrected chi connectivity index (χ0v) is 43.2. The maximum Gasteiger partial charge on any atom is 0.167 e. The summed E-state index contributed by atoms with van der Waals surface area (Å²) in [4.78, 5) is 30.9. The second kappa shape index (κ2) is 33.9. The summed E-state index contributed by atoms with van der Waals surface area (Å²) < 4.78 is 16.9. The third-order valence-electron chi connectivity index (χ3n) is 12.2. The van der Waals surface area contributed by atoms with Crippen LogP contribution in [0.1, 0.15) is 147 Å². The van der Waals surface area contributed by atoms with E-state index in [1.54, 1.807) is 20.3 Å². The van der Waals surface area contributed by atoms with Gasteiger partial charge in [-0.3, -0.25) is 9.59 Å². The van der Waals surface area contributed by atoms with Crippen molar-refractivity contribution in [3.8, 4) is 28.5 Å². The van der Waals surface area contributed by atoms with Gasteiger partial charge in [0.25, 0.3) is 0 Å². The molecule has 0 fully saturated rings. The summed E-state index contributed by atoms with van der Waals surface area (Å²) in [6, 6.07) is 26.5. The number of Topliss-reactive ketones (excluding diaryl/α,β-unsaturated/α-hetero) is 2. The van der Waals surface area contributed by atoms with Crippen LogP contribution in [0.3, 0.4) is 0 Å². The number of aryl methyl sites for hydroxylation is 1. The highest BCUT2D eigenvalue weighted by Gasteiger charge is 2.18. The maximum absolute atomic E-state index is 13.3. The van der Waals surface area contributed by atoms with Crippen LogP contribution < -0.4 is 36.3 Å². The number of fused-ring (bicyclic) bond motifs is 1. The van der Waals surface area contributed by atoms with E-state index in [1.165, 1.54) is 64.2 Å². The van der Waals surface area contributed by atoms with Crippen molar-refractivity contribution in [1.29, 1.82) is 0 Å². The quantitative estimate of drug-likeness (QED) is 0.0232. The summed E-state index contributed by atoms with van der Waals surface area (Å²) >= 11 is 12.4. The topological polar surface area (TPSA) is 151 Å². The number of nitrogens with two attached hydrogens (primary N) is 2. The molecule has 5 rings (SSSR count). The first-order chi connectivity index (χ1) is 33.7. The number of pyridine rings is 1. The third-order valence-corrected chi connectivity index (χ3v) is 12.8. The first kappa shape index (κ1) is 57.0. The number of carbonyl (C=O) groups excluding carboxylic acids is 2. The Morgan fingerprint density at radius 2 is 1.16 bits per heavy atom.